The zero-order valence-electron chi connectivity index (χ0n) is 18.4. The van der Waals surface area contributed by atoms with Crippen LogP contribution in [0.2, 0.25) is 0 Å². The Morgan fingerprint density at radius 2 is 2.06 bits per heavy atom. The normalized spacial score (nSPS) is 21.4. The van der Waals surface area contributed by atoms with Crippen LogP contribution >= 0.6 is 0 Å². The number of amidine groups is 1. The van der Waals surface area contributed by atoms with Gasteiger partial charge in [0.05, 0.1) is 6.54 Å². The first-order valence-electron chi connectivity index (χ1n) is 10.6. The number of carbonyl (C=O) groups excluding carboxylic acids is 3. The van der Waals surface area contributed by atoms with Crippen LogP contribution in [-0.2, 0) is 22.6 Å². The Labute approximate surface area is 189 Å². The molecule has 1 N–H and O–H groups in total. The largest absolute Gasteiger partial charge is 0.490 e. The molecule has 3 aliphatic rings. The maximum Gasteiger partial charge on any atom is 0.333 e. The molecule has 1 aromatic heterocycles. The van der Waals surface area contributed by atoms with Crippen LogP contribution in [0, 0.1) is 0 Å². The summed E-state index contributed by atoms with van der Waals surface area (Å²) in [6.45, 7) is 2.11. The highest BCUT2D eigenvalue weighted by atomic mass is 16.5. The van der Waals surface area contributed by atoms with E-state index >= 15 is 0 Å². The van der Waals surface area contributed by atoms with Crippen LogP contribution in [0.4, 0.5) is 4.79 Å². The van der Waals surface area contributed by atoms with Gasteiger partial charge in [-0.3, -0.25) is 19.4 Å². The summed E-state index contributed by atoms with van der Waals surface area (Å²) in [6, 6.07) is 6.40. The molecule has 1 aromatic carbocycles. The molecule has 0 radical (unpaired) electrons. The smallest absolute Gasteiger partial charge is 0.333 e. The number of nitrogens with one attached hydrogen (secondary N) is 1. The highest BCUT2D eigenvalue weighted by Gasteiger charge is 2.50. The van der Waals surface area contributed by atoms with Gasteiger partial charge >= 0.3 is 6.03 Å². The third-order valence-corrected chi connectivity index (χ3v) is 5.93. The van der Waals surface area contributed by atoms with E-state index in [9.17, 15) is 14.4 Å². The summed E-state index contributed by atoms with van der Waals surface area (Å²) in [4.78, 5) is 43.6. The number of likely N-dealkylation sites (N-methyl/N-ethyl adjacent to an activating group) is 2. The number of hydrogen-bond acceptors (Lipinski definition) is 7. The standard InChI is InChI=1S/C22H22N6O5/c1-12-6-14-7-13(4-5-16(14)32-12)17-8-15(25-33-17)9-23-18(29)10-28-11-24-20-19(28)21(30)27(3)22(31)26(20)2/h4-5,7-8,11-12,19H,6,9-10H2,1-3H3/p+1. The SMILES string of the molecule is CC1Cc2cc(-c3cc(CNC(=O)C[N+]4=CN=C5C4C(=O)N(C)C(=O)N5C)no3)ccc2O1. The van der Waals surface area contributed by atoms with Gasteiger partial charge in [-0.25, -0.2) is 9.37 Å². The molecule has 2 atom stereocenters. The lowest BCUT2D eigenvalue weighted by molar-refractivity contribution is -0.519. The zero-order chi connectivity index (χ0) is 23.3. The lowest BCUT2D eigenvalue weighted by Gasteiger charge is -2.30. The second-order valence-electron chi connectivity index (χ2n) is 8.33. The minimum atomic E-state index is -0.798. The molecule has 0 aliphatic carbocycles. The monoisotopic (exact) mass is 451 g/mol. The number of ether oxygens (including phenoxy) is 1. The van der Waals surface area contributed by atoms with Gasteiger partial charge in [-0.05, 0) is 35.7 Å². The van der Waals surface area contributed by atoms with Crippen molar-refractivity contribution in [2.45, 2.75) is 32.0 Å². The van der Waals surface area contributed by atoms with Gasteiger partial charge in [0.2, 0.25) is 0 Å². The number of aliphatic imine (C=N–C) groups is 1. The van der Waals surface area contributed by atoms with E-state index in [4.69, 9.17) is 9.26 Å². The number of benzene rings is 1. The Hall–Kier alpha value is -4.02. The van der Waals surface area contributed by atoms with E-state index in [1.54, 1.807) is 13.1 Å². The van der Waals surface area contributed by atoms with Crippen molar-refractivity contribution in [1.82, 2.24) is 20.3 Å². The second kappa shape index (κ2) is 7.84. The predicted molar refractivity (Wildman–Crippen MR) is 116 cm³/mol. The third kappa shape index (κ3) is 3.65. The zero-order valence-corrected chi connectivity index (χ0v) is 18.4. The number of amides is 4. The van der Waals surface area contributed by atoms with E-state index < -0.39 is 18.0 Å². The van der Waals surface area contributed by atoms with Gasteiger partial charge in [0, 0.05) is 32.1 Å². The summed E-state index contributed by atoms with van der Waals surface area (Å²) in [5.74, 6) is 1.07. The van der Waals surface area contributed by atoms with Gasteiger partial charge in [-0.2, -0.15) is 0 Å². The topological polar surface area (TPSA) is 120 Å². The van der Waals surface area contributed by atoms with Crippen LogP contribution in [0.5, 0.6) is 5.75 Å². The molecule has 0 bridgehead atoms. The summed E-state index contributed by atoms with van der Waals surface area (Å²) < 4.78 is 12.7. The van der Waals surface area contributed by atoms with Gasteiger partial charge in [-0.15, -0.1) is 0 Å². The predicted octanol–water partition coefficient (Wildman–Crippen LogP) is 0.627. The van der Waals surface area contributed by atoms with Crippen LogP contribution in [0.25, 0.3) is 11.3 Å². The van der Waals surface area contributed by atoms with E-state index in [2.05, 4.69) is 15.5 Å². The fourth-order valence-electron chi connectivity index (χ4n) is 4.19. The van der Waals surface area contributed by atoms with Crippen molar-refractivity contribution in [2.75, 3.05) is 20.6 Å². The van der Waals surface area contributed by atoms with Gasteiger partial charge in [0.25, 0.3) is 30.0 Å². The Bertz CT molecular complexity index is 1230. The highest BCUT2D eigenvalue weighted by Crippen LogP contribution is 2.33. The van der Waals surface area contributed by atoms with E-state index in [-0.39, 0.29) is 25.1 Å². The van der Waals surface area contributed by atoms with Crippen LogP contribution in [-0.4, -0.2) is 82.3 Å². The third-order valence-electron chi connectivity index (χ3n) is 5.93. The minimum Gasteiger partial charge on any atom is -0.490 e. The van der Waals surface area contributed by atoms with Crippen LogP contribution < -0.4 is 10.1 Å². The molecule has 4 heterocycles. The lowest BCUT2D eigenvalue weighted by Crippen LogP contribution is -2.62. The van der Waals surface area contributed by atoms with E-state index in [1.807, 2.05) is 25.1 Å². The average molecular weight is 451 g/mol. The summed E-state index contributed by atoms with van der Waals surface area (Å²) in [7, 11) is 2.95. The number of hydrogen-bond donors (Lipinski definition) is 1. The number of imide groups is 1. The summed E-state index contributed by atoms with van der Waals surface area (Å²) in [6.07, 6.45) is 2.42. The molecule has 11 heteroatoms. The van der Waals surface area contributed by atoms with Crippen molar-refractivity contribution in [1.29, 1.82) is 0 Å². The second-order valence-corrected chi connectivity index (χ2v) is 8.33. The Balaban J connectivity index is 1.19. The maximum atomic E-state index is 12.5. The van der Waals surface area contributed by atoms with Crippen LogP contribution in [0.15, 0.2) is 33.8 Å². The minimum absolute atomic E-state index is 0.0903. The van der Waals surface area contributed by atoms with Crippen molar-refractivity contribution < 1.29 is 28.2 Å². The fourth-order valence-corrected chi connectivity index (χ4v) is 4.19. The Morgan fingerprint density at radius 3 is 2.88 bits per heavy atom. The molecule has 0 saturated carbocycles. The van der Waals surface area contributed by atoms with Crippen LogP contribution in [0.1, 0.15) is 18.2 Å². The number of rotatable bonds is 5. The molecule has 2 aromatic rings. The first kappa shape index (κ1) is 20.9. The molecule has 170 valence electrons. The van der Waals surface area contributed by atoms with E-state index in [1.165, 1.54) is 22.9 Å². The Kier molecular flexibility index (Phi) is 4.95. The average Bonchev–Trinajstić information content (AvgIpc) is 3.52. The molecule has 5 rings (SSSR count). The molecule has 4 amide bonds. The molecule has 2 unspecified atom stereocenters. The first-order valence-corrected chi connectivity index (χ1v) is 10.6. The van der Waals surface area contributed by atoms with E-state index in [0.29, 0.717) is 17.3 Å². The number of aromatic nitrogens is 1. The summed E-state index contributed by atoms with van der Waals surface area (Å²) in [5.41, 5.74) is 2.60. The molecule has 0 spiro atoms. The van der Waals surface area contributed by atoms with Gasteiger partial charge in [0.15, 0.2) is 12.3 Å². The van der Waals surface area contributed by atoms with E-state index in [0.717, 1.165) is 28.2 Å². The van der Waals surface area contributed by atoms with Crippen LogP contribution in [0.3, 0.4) is 0 Å². The highest BCUT2D eigenvalue weighted by molar-refractivity contribution is 6.21. The lowest BCUT2D eigenvalue weighted by atomic mass is 10.1. The molecule has 11 nitrogen and oxygen atoms in total. The van der Waals surface area contributed by atoms with Crippen molar-refractivity contribution in [3.05, 3.63) is 35.5 Å². The number of fused-ring (bicyclic) bond motifs is 2. The number of nitrogens with zero attached hydrogens (tertiary/aromatic N) is 5. The summed E-state index contributed by atoms with van der Waals surface area (Å²) in [5, 5.41) is 6.82. The first-order chi connectivity index (χ1) is 15.8. The molecule has 33 heavy (non-hydrogen) atoms. The summed E-state index contributed by atoms with van der Waals surface area (Å²) >= 11 is 0. The molecular formula is C22H23N6O5+. The number of carbonyl (C=O) groups is 3. The fraction of sp³-hybridized carbons (Fsp3) is 0.364. The van der Waals surface area contributed by atoms with Gasteiger partial charge < -0.3 is 14.6 Å². The van der Waals surface area contributed by atoms with Crippen molar-refractivity contribution in [3.8, 4) is 17.1 Å². The molecule has 1 saturated heterocycles. The molecular weight excluding hydrogens is 428 g/mol. The van der Waals surface area contributed by atoms with Gasteiger partial charge in [-0.1, -0.05) is 5.16 Å². The van der Waals surface area contributed by atoms with Gasteiger partial charge in [0.1, 0.15) is 17.5 Å². The number of urea groups is 1. The van der Waals surface area contributed by atoms with Crippen molar-refractivity contribution in [2.24, 2.45) is 4.99 Å². The van der Waals surface area contributed by atoms with Crippen molar-refractivity contribution in [3.63, 3.8) is 0 Å². The van der Waals surface area contributed by atoms with Crippen molar-refractivity contribution >= 4 is 30.0 Å². The molecule has 1 fully saturated rings. The molecule has 3 aliphatic heterocycles. The Morgan fingerprint density at radius 1 is 1.24 bits per heavy atom. The maximum absolute atomic E-state index is 12.5. The quantitative estimate of drug-likeness (QED) is 0.666.